The van der Waals surface area contributed by atoms with E-state index >= 15 is 0 Å². The van der Waals surface area contributed by atoms with Crippen molar-refractivity contribution in [3.05, 3.63) is 12.2 Å². The van der Waals surface area contributed by atoms with Crippen LogP contribution in [0, 0.1) is 17.3 Å². The minimum absolute atomic E-state index is 0.142. The molecule has 15 heavy (non-hydrogen) atoms. The van der Waals surface area contributed by atoms with E-state index in [2.05, 4.69) is 20.4 Å². The third-order valence-corrected chi connectivity index (χ3v) is 4.41. The highest BCUT2D eigenvalue weighted by Gasteiger charge is 2.54. The predicted octanol–water partition coefficient (Wildman–Crippen LogP) is 2.93. The van der Waals surface area contributed by atoms with Crippen molar-refractivity contribution in [3.63, 3.8) is 0 Å². The van der Waals surface area contributed by atoms with E-state index in [-0.39, 0.29) is 12.1 Å². The van der Waals surface area contributed by atoms with Crippen LogP contribution in [0.1, 0.15) is 40.0 Å². The monoisotopic (exact) mass is 208 g/mol. The minimum atomic E-state index is -0.219. The van der Waals surface area contributed by atoms with Gasteiger partial charge in [0, 0.05) is 11.5 Å². The highest BCUT2D eigenvalue weighted by Crippen LogP contribution is 2.58. The number of ether oxygens (including phenoxy) is 1. The van der Waals surface area contributed by atoms with E-state index in [9.17, 15) is 4.79 Å². The number of hydrogen-bond donors (Lipinski definition) is 0. The Kier molecular flexibility index (Phi) is 2.40. The van der Waals surface area contributed by atoms with Gasteiger partial charge in [0.2, 0.25) is 0 Å². The molecule has 2 rings (SSSR count). The Hall–Kier alpha value is -0.790. The highest BCUT2D eigenvalue weighted by atomic mass is 16.5. The van der Waals surface area contributed by atoms with Crippen LogP contribution in [0.3, 0.4) is 0 Å². The van der Waals surface area contributed by atoms with Gasteiger partial charge in [0.15, 0.2) is 0 Å². The standard InChI is InChI=1S/C13H20O2/c1-8(2)12(14)15-11-7-9-5-6-10(11)13(9,3)4/h9-11H,1,5-7H2,2-4H3/t9-,10+,11?/m1/s1. The predicted molar refractivity (Wildman–Crippen MR) is 59.3 cm³/mol. The molecule has 2 aliphatic rings. The number of rotatable bonds is 2. The molecular formula is C13H20O2. The molecule has 0 N–H and O–H groups in total. The molecule has 2 saturated carbocycles. The highest BCUT2D eigenvalue weighted by molar-refractivity contribution is 5.87. The molecule has 0 saturated heterocycles. The molecule has 2 bridgehead atoms. The minimum Gasteiger partial charge on any atom is -0.459 e. The topological polar surface area (TPSA) is 26.3 Å². The summed E-state index contributed by atoms with van der Waals surface area (Å²) in [7, 11) is 0. The lowest BCUT2D eigenvalue weighted by atomic mass is 9.82. The maximum Gasteiger partial charge on any atom is 0.333 e. The zero-order chi connectivity index (χ0) is 11.2. The van der Waals surface area contributed by atoms with Gasteiger partial charge in [-0.05, 0) is 37.5 Å². The second-order valence-electron chi connectivity index (χ2n) is 5.66. The summed E-state index contributed by atoms with van der Waals surface area (Å²) in [5, 5.41) is 0. The first kappa shape index (κ1) is 10.7. The normalized spacial score (nSPS) is 36.6. The second kappa shape index (κ2) is 3.36. The van der Waals surface area contributed by atoms with Crippen LogP contribution in [-0.2, 0) is 9.53 Å². The number of fused-ring (bicyclic) bond motifs is 2. The van der Waals surface area contributed by atoms with Gasteiger partial charge in [-0.1, -0.05) is 20.4 Å². The zero-order valence-electron chi connectivity index (χ0n) is 9.88. The van der Waals surface area contributed by atoms with Crippen LogP contribution in [0.2, 0.25) is 0 Å². The van der Waals surface area contributed by atoms with Gasteiger partial charge < -0.3 is 4.74 Å². The quantitative estimate of drug-likeness (QED) is 0.515. The first-order chi connectivity index (χ1) is 6.93. The van der Waals surface area contributed by atoms with Crippen molar-refractivity contribution in [1.29, 1.82) is 0 Å². The smallest absolute Gasteiger partial charge is 0.333 e. The second-order valence-corrected chi connectivity index (χ2v) is 5.66. The van der Waals surface area contributed by atoms with E-state index < -0.39 is 0 Å². The fraction of sp³-hybridized carbons (Fsp3) is 0.769. The van der Waals surface area contributed by atoms with Crippen molar-refractivity contribution in [2.45, 2.75) is 46.1 Å². The van der Waals surface area contributed by atoms with E-state index in [1.165, 1.54) is 12.8 Å². The number of hydrogen-bond acceptors (Lipinski definition) is 2. The molecule has 0 amide bonds. The third kappa shape index (κ3) is 1.60. The van der Waals surface area contributed by atoms with Crippen molar-refractivity contribution >= 4 is 5.97 Å². The molecule has 3 atom stereocenters. The maximum atomic E-state index is 11.5. The fourth-order valence-corrected chi connectivity index (χ4v) is 3.33. The Labute approximate surface area is 91.7 Å². The molecule has 2 nitrogen and oxygen atoms in total. The van der Waals surface area contributed by atoms with Gasteiger partial charge in [0.1, 0.15) is 6.10 Å². The van der Waals surface area contributed by atoms with Gasteiger partial charge in [-0.2, -0.15) is 0 Å². The molecule has 0 aromatic rings. The fourth-order valence-electron chi connectivity index (χ4n) is 3.33. The Morgan fingerprint density at radius 3 is 2.47 bits per heavy atom. The van der Waals surface area contributed by atoms with Crippen LogP contribution in [0.15, 0.2) is 12.2 Å². The van der Waals surface area contributed by atoms with E-state index in [0.29, 0.717) is 16.9 Å². The van der Waals surface area contributed by atoms with Crippen LogP contribution in [0.5, 0.6) is 0 Å². The number of carbonyl (C=O) groups is 1. The average molecular weight is 208 g/mol. The Morgan fingerprint density at radius 2 is 2.07 bits per heavy atom. The Bertz CT molecular complexity index is 304. The average Bonchev–Trinajstić information content (AvgIpc) is 2.54. The van der Waals surface area contributed by atoms with Crippen molar-refractivity contribution < 1.29 is 9.53 Å². The van der Waals surface area contributed by atoms with E-state index in [1.807, 2.05) is 0 Å². The SMILES string of the molecule is C=C(C)C(=O)OC1C[C@H]2CC[C@@H]1C2(C)C. The van der Waals surface area contributed by atoms with Crippen molar-refractivity contribution in [2.75, 3.05) is 0 Å². The third-order valence-electron chi connectivity index (χ3n) is 4.41. The van der Waals surface area contributed by atoms with Gasteiger partial charge in [-0.15, -0.1) is 0 Å². The lowest BCUT2D eigenvalue weighted by Gasteiger charge is -2.26. The molecule has 0 spiro atoms. The molecule has 0 aromatic carbocycles. The number of carbonyl (C=O) groups excluding carboxylic acids is 1. The van der Waals surface area contributed by atoms with Crippen molar-refractivity contribution in [1.82, 2.24) is 0 Å². The Balaban J connectivity index is 2.03. The van der Waals surface area contributed by atoms with Crippen LogP contribution >= 0.6 is 0 Å². The van der Waals surface area contributed by atoms with Crippen LogP contribution in [0.25, 0.3) is 0 Å². The van der Waals surface area contributed by atoms with Gasteiger partial charge in [0.25, 0.3) is 0 Å². The van der Waals surface area contributed by atoms with E-state index in [0.717, 1.165) is 12.3 Å². The first-order valence-electron chi connectivity index (χ1n) is 5.79. The molecule has 1 unspecified atom stereocenters. The summed E-state index contributed by atoms with van der Waals surface area (Å²) in [6.07, 6.45) is 3.71. The van der Waals surface area contributed by atoms with Gasteiger partial charge >= 0.3 is 5.97 Å². The van der Waals surface area contributed by atoms with E-state index in [1.54, 1.807) is 6.92 Å². The van der Waals surface area contributed by atoms with Gasteiger partial charge in [0.05, 0.1) is 0 Å². The summed E-state index contributed by atoms with van der Waals surface area (Å²) in [5.41, 5.74) is 0.871. The Morgan fingerprint density at radius 1 is 1.40 bits per heavy atom. The maximum absolute atomic E-state index is 11.5. The van der Waals surface area contributed by atoms with Crippen molar-refractivity contribution in [3.8, 4) is 0 Å². The molecule has 0 heterocycles. The number of esters is 1. The lowest BCUT2D eigenvalue weighted by molar-refractivity contribution is -0.147. The van der Waals surface area contributed by atoms with Crippen LogP contribution in [-0.4, -0.2) is 12.1 Å². The summed E-state index contributed by atoms with van der Waals surface area (Å²) in [6, 6.07) is 0. The summed E-state index contributed by atoms with van der Waals surface area (Å²) in [5.74, 6) is 1.08. The molecular weight excluding hydrogens is 188 g/mol. The summed E-state index contributed by atoms with van der Waals surface area (Å²) in [6.45, 7) is 9.95. The van der Waals surface area contributed by atoms with Crippen LogP contribution < -0.4 is 0 Å². The first-order valence-corrected chi connectivity index (χ1v) is 5.79. The van der Waals surface area contributed by atoms with Gasteiger partial charge in [-0.3, -0.25) is 0 Å². The molecule has 2 heteroatoms. The van der Waals surface area contributed by atoms with Crippen molar-refractivity contribution in [2.24, 2.45) is 17.3 Å². The largest absolute Gasteiger partial charge is 0.459 e. The molecule has 0 radical (unpaired) electrons. The molecule has 2 fully saturated rings. The summed E-state index contributed by atoms with van der Waals surface area (Å²) < 4.78 is 5.50. The van der Waals surface area contributed by atoms with Crippen LogP contribution in [0.4, 0.5) is 0 Å². The van der Waals surface area contributed by atoms with E-state index in [4.69, 9.17) is 4.74 Å². The molecule has 0 aliphatic heterocycles. The molecule has 84 valence electrons. The molecule has 0 aromatic heterocycles. The zero-order valence-corrected chi connectivity index (χ0v) is 9.88. The summed E-state index contributed by atoms with van der Waals surface area (Å²) >= 11 is 0. The summed E-state index contributed by atoms with van der Waals surface area (Å²) in [4.78, 5) is 11.5. The van der Waals surface area contributed by atoms with Gasteiger partial charge in [-0.25, -0.2) is 4.79 Å². The molecule has 2 aliphatic carbocycles. The lowest BCUT2D eigenvalue weighted by Crippen LogP contribution is -2.27.